The highest BCUT2D eigenvalue weighted by molar-refractivity contribution is 5.79. The van der Waals surface area contributed by atoms with Crippen molar-refractivity contribution in [3.63, 3.8) is 0 Å². The van der Waals surface area contributed by atoms with Crippen molar-refractivity contribution in [3.05, 3.63) is 58.2 Å². The highest BCUT2D eigenvalue weighted by atomic mass is 16.5. The number of ether oxygens (including phenoxy) is 1. The van der Waals surface area contributed by atoms with Crippen LogP contribution in [-0.4, -0.2) is 32.3 Å². The van der Waals surface area contributed by atoms with Crippen LogP contribution in [-0.2, 0) is 24.2 Å². The number of aromatic nitrogens is 4. The fourth-order valence-corrected chi connectivity index (χ4v) is 4.46. The second kappa shape index (κ2) is 7.88. The minimum atomic E-state index is 0.0632. The van der Waals surface area contributed by atoms with Crippen molar-refractivity contribution < 1.29 is 4.74 Å². The molecule has 0 saturated heterocycles. The molecule has 5 nitrogen and oxygen atoms in total. The molecule has 5 heteroatoms. The summed E-state index contributed by atoms with van der Waals surface area (Å²) < 4.78 is 10.5. The number of hydrogen-bond acceptors (Lipinski definition) is 3. The second-order valence-electron chi connectivity index (χ2n) is 8.43. The maximum atomic E-state index is 5.93. The van der Waals surface area contributed by atoms with Crippen LogP contribution in [0.2, 0.25) is 0 Å². The number of rotatable bonds is 6. The van der Waals surface area contributed by atoms with Gasteiger partial charge in [-0.1, -0.05) is 0 Å². The minimum Gasteiger partial charge on any atom is -0.379 e. The lowest BCUT2D eigenvalue weighted by molar-refractivity contribution is 0.0883. The van der Waals surface area contributed by atoms with Gasteiger partial charge in [0, 0.05) is 20.1 Å². The Morgan fingerprint density at radius 2 is 1.37 bits per heavy atom. The number of benzene rings is 2. The Balaban J connectivity index is 1.66. The summed E-state index contributed by atoms with van der Waals surface area (Å²) in [5, 5.41) is 0. The summed E-state index contributed by atoms with van der Waals surface area (Å²) >= 11 is 0. The maximum Gasteiger partial charge on any atom is 0.106 e. The van der Waals surface area contributed by atoms with E-state index in [1.807, 2.05) is 0 Å². The molecule has 30 heavy (non-hydrogen) atoms. The van der Waals surface area contributed by atoms with Crippen LogP contribution >= 0.6 is 0 Å². The molecule has 0 amide bonds. The standard InChI is InChI=1S/C25H32N4O/c1-8-28-18(5)26-23-13-20(17(4)11-24(23)28)12-21(30-7)14-29-19(6)27-22-9-15(2)16(3)10-25(22)29/h9-11,13,21H,8,12,14H2,1-7H3. The molecule has 0 aliphatic heterocycles. The Hall–Kier alpha value is -2.66. The van der Waals surface area contributed by atoms with Crippen LogP contribution in [0.5, 0.6) is 0 Å². The lowest BCUT2D eigenvalue weighted by Gasteiger charge is -2.19. The summed E-state index contributed by atoms with van der Waals surface area (Å²) in [7, 11) is 1.80. The summed E-state index contributed by atoms with van der Waals surface area (Å²) in [5.41, 5.74) is 9.68. The molecule has 0 fully saturated rings. The first kappa shape index (κ1) is 20.6. The largest absolute Gasteiger partial charge is 0.379 e. The van der Waals surface area contributed by atoms with Gasteiger partial charge in [0.2, 0.25) is 0 Å². The average Bonchev–Trinajstić information content (AvgIpc) is 3.16. The summed E-state index contributed by atoms with van der Waals surface area (Å²) in [6.07, 6.45) is 0.911. The molecule has 0 radical (unpaired) electrons. The van der Waals surface area contributed by atoms with Gasteiger partial charge < -0.3 is 13.9 Å². The van der Waals surface area contributed by atoms with Crippen LogP contribution in [0.3, 0.4) is 0 Å². The van der Waals surface area contributed by atoms with Crippen LogP contribution in [0.1, 0.15) is 40.8 Å². The molecule has 2 aromatic carbocycles. The van der Waals surface area contributed by atoms with E-state index in [-0.39, 0.29) is 6.10 Å². The molecular formula is C25H32N4O. The van der Waals surface area contributed by atoms with Crippen molar-refractivity contribution in [1.82, 2.24) is 19.1 Å². The third-order valence-corrected chi connectivity index (χ3v) is 6.43. The van der Waals surface area contributed by atoms with Crippen LogP contribution in [0.25, 0.3) is 22.1 Å². The molecular weight excluding hydrogens is 372 g/mol. The molecule has 0 N–H and O–H groups in total. The molecule has 0 spiro atoms. The van der Waals surface area contributed by atoms with Gasteiger partial charge in [0.05, 0.1) is 34.7 Å². The molecule has 2 aromatic heterocycles. The van der Waals surface area contributed by atoms with Gasteiger partial charge in [0.25, 0.3) is 0 Å². The van der Waals surface area contributed by atoms with E-state index in [0.29, 0.717) is 0 Å². The van der Waals surface area contributed by atoms with E-state index < -0.39 is 0 Å². The van der Waals surface area contributed by atoms with Crippen molar-refractivity contribution >= 4 is 22.1 Å². The van der Waals surface area contributed by atoms with E-state index in [9.17, 15) is 0 Å². The van der Waals surface area contributed by atoms with Gasteiger partial charge in [0.1, 0.15) is 11.6 Å². The van der Waals surface area contributed by atoms with Gasteiger partial charge in [-0.15, -0.1) is 0 Å². The fraction of sp³-hybridized carbons (Fsp3) is 0.440. The van der Waals surface area contributed by atoms with Gasteiger partial charge in [-0.05, 0) is 88.1 Å². The minimum absolute atomic E-state index is 0.0632. The maximum absolute atomic E-state index is 5.93. The van der Waals surface area contributed by atoms with Gasteiger partial charge in [-0.3, -0.25) is 0 Å². The normalized spacial score (nSPS) is 12.9. The predicted molar refractivity (Wildman–Crippen MR) is 123 cm³/mol. The zero-order valence-corrected chi connectivity index (χ0v) is 19.2. The number of fused-ring (bicyclic) bond motifs is 2. The third kappa shape index (κ3) is 3.52. The summed E-state index contributed by atoms with van der Waals surface area (Å²) in [5.74, 6) is 2.10. The molecule has 0 aliphatic carbocycles. The first-order valence-corrected chi connectivity index (χ1v) is 10.8. The summed E-state index contributed by atoms with van der Waals surface area (Å²) in [6, 6.07) is 8.93. The van der Waals surface area contributed by atoms with Crippen LogP contribution < -0.4 is 0 Å². The number of imidazole rings is 2. The topological polar surface area (TPSA) is 44.9 Å². The SMILES string of the molecule is CCn1c(C)nc2cc(CC(Cn3c(C)nc4cc(C)c(C)cc43)OC)c(C)cc21. The van der Waals surface area contributed by atoms with Crippen molar-refractivity contribution in [2.75, 3.05) is 7.11 Å². The Labute approximate surface area is 178 Å². The zero-order chi connectivity index (χ0) is 21.6. The summed E-state index contributed by atoms with van der Waals surface area (Å²) in [6.45, 7) is 14.5. The van der Waals surface area contributed by atoms with Crippen molar-refractivity contribution in [3.8, 4) is 0 Å². The van der Waals surface area contributed by atoms with Gasteiger partial charge >= 0.3 is 0 Å². The quantitative estimate of drug-likeness (QED) is 0.443. The van der Waals surface area contributed by atoms with E-state index in [1.165, 1.54) is 33.3 Å². The number of nitrogens with zero attached hydrogens (tertiary/aromatic N) is 4. The molecule has 4 aromatic rings. The monoisotopic (exact) mass is 404 g/mol. The number of hydrogen-bond donors (Lipinski definition) is 0. The first-order chi connectivity index (χ1) is 14.3. The number of methoxy groups -OCH3 is 1. The summed E-state index contributed by atoms with van der Waals surface area (Å²) in [4.78, 5) is 9.56. The lowest BCUT2D eigenvalue weighted by atomic mass is 10.0. The Kier molecular flexibility index (Phi) is 5.41. The molecule has 0 bridgehead atoms. The lowest BCUT2D eigenvalue weighted by Crippen LogP contribution is -2.22. The fourth-order valence-electron chi connectivity index (χ4n) is 4.46. The van der Waals surface area contributed by atoms with Crippen LogP contribution in [0, 0.1) is 34.6 Å². The van der Waals surface area contributed by atoms with E-state index >= 15 is 0 Å². The zero-order valence-electron chi connectivity index (χ0n) is 19.2. The first-order valence-electron chi connectivity index (χ1n) is 10.8. The van der Waals surface area contributed by atoms with Crippen molar-refractivity contribution in [1.29, 1.82) is 0 Å². The highest BCUT2D eigenvalue weighted by Crippen LogP contribution is 2.25. The number of aryl methyl sites for hydroxylation is 6. The molecule has 2 heterocycles. The van der Waals surface area contributed by atoms with E-state index in [1.54, 1.807) is 7.11 Å². The molecule has 4 rings (SSSR count). The van der Waals surface area contributed by atoms with Gasteiger partial charge in [0.15, 0.2) is 0 Å². The Morgan fingerprint density at radius 3 is 2.03 bits per heavy atom. The molecule has 0 saturated carbocycles. The van der Waals surface area contributed by atoms with E-state index in [4.69, 9.17) is 14.7 Å². The van der Waals surface area contributed by atoms with Gasteiger partial charge in [-0.25, -0.2) is 9.97 Å². The second-order valence-corrected chi connectivity index (χ2v) is 8.43. The average molecular weight is 405 g/mol. The van der Waals surface area contributed by atoms with E-state index in [0.717, 1.165) is 42.2 Å². The Morgan fingerprint density at radius 1 is 0.800 bits per heavy atom. The molecule has 0 aliphatic rings. The van der Waals surface area contributed by atoms with E-state index in [2.05, 4.69) is 74.9 Å². The van der Waals surface area contributed by atoms with Crippen LogP contribution in [0.15, 0.2) is 24.3 Å². The van der Waals surface area contributed by atoms with Crippen molar-refractivity contribution in [2.24, 2.45) is 0 Å². The predicted octanol–water partition coefficient (Wildman–Crippen LogP) is 5.21. The molecule has 158 valence electrons. The Bertz CT molecular complexity index is 1230. The molecule has 1 unspecified atom stereocenters. The van der Waals surface area contributed by atoms with Crippen molar-refractivity contribution in [2.45, 2.75) is 67.2 Å². The highest BCUT2D eigenvalue weighted by Gasteiger charge is 2.17. The van der Waals surface area contributed by atoms with Gasteiger partial charge in [-0.2, -0.15) is 0 Å². The van der Waals surface area contributed by atoms with Crippen LogP contribution in [0.4, 0.5) is 0 Å². The third-order valence-electron chi connectivity index (χ3n) is 6.43. The molecule has 1 atom stereocenters. The smallest absolute Gasteiger partial charge is 0.106 e.